The van der Waals surface area contributed by atoms with Crippen molar-refractivity contribution in [3.05, 3.63) is 46.1 Å². The first-order chi connectivity index (χ1) is 12.6. The van der Waals surface area contributed by atoms with E-state index in [-0.39, 0.29) is 17.2 Å². The van der Waals surface area contributed by atoms with Gasteiger partial charge >= 0.3 is 5.69 Å². The number of rotatable bonds is 5. The van der Waals surface area contributed by atoms with Crippen molar-refractivity contribution in [3.8, 4) is 0 Å². The van der Waals surface area contributed by atoms with Gasteiger partial charge in [-0.25, -0.2) is 9.78 Å². The molecule has 3 aromatic heterocycles. The summed E-state index contributed by atoms with van der Waals surface area (Å²) in [7, 11) is 0. The van der Waals surface area contributed by atoms with Crippen molar-refractivity contribution in [1.82, 2.24) is 29.7 Å². The summed E-state index contributed by atoms with van der Waals surface area (Å²) >= 11 is 1.20. The average molecular weight is 368 g/mol. The first-order valence-electron chi connectivity index (χ1n) is 8.15. The number of imidazole rings is 1. The van der Waals surface area contributed by atoms with Gasteiger partial charge in [0.25, 0.3) is 0 Å². The molecule has 8 nitrogen and oxygen atoms in total. The van der Waals surface area contributed by atoms with Crippen molar-refractivity contribution in [2.45, 2.75) is 25.5 Å². The van der Waals surface area contributed by atoms with Gasteiger partial charge in [0.05, 0.1) is 11.3 Å². The molecule has 3 heterocycles. The molecule has 0 aliphatic heterocycles. The number of hydrogen-bond donors (Lipinski definition) is 2. The Labute approximate surface area is 152 Å². The first-order valence-corrected chi connectivity index (χ1v) is 9.13. The largest absolute Gasteiger partial charge is 0.324 e. The second-order valence-electron chi connectivity index (χ2n) is 5.82. The Morgan fingerprint density at radius 3 is 2.77 bits per heavy atom. The van der Waals surface area contributed by atoms with Gasteiger partial charge in [-0.15, -0.1) is 10.2 Å². The topological polar surface area (TPSA) is 109 Å². The van der Waals surface area contributed by atoms with Crippen LogP contribution in [-0.2, 0) is 6.54 Å². The number of carbonyl (C=O) groups excluding carboxylic acids is 1. The number of ketones is 1. The summed E-state index contributed by atoms with van der Waals surface area (Å²) in [6.07, 6.45) is 0. The molecule has 26 heavy (non-hydrogen) atoms. The van der Waals surface area contributed by atoms with Crippen molar-refractivity contribution < 1.29 is 4.79 Å². The molecule has 0 saturated heterocycles. The normalized spacial score (nSPS) is 11.5. The molecular weight excluding hydrogens is 352 g/mol. The van der Waals surface area contributed by atoms with Gasteiger partial charge in [-0.05, 0) is 19.9 Å². The van der Waals surface area contributed by atoms with Gasteiger partial charge in [0, 0.05) is 17.6 Å². The van der Waals surface area contributed by atoms with Crippen molar-refractivity contribution in [2.24, 2.45) is 0 Å². The molecule has 0 amide bonds. The number of nitrogens with zero attached hydrogens (tertiary/aromatic N) is 4. The lowest BCUT2D eigenvalue weighted by atomic mass is 10.2. The number of thioether (sulfide) groups is 1. The Kier molecular flexibility index (Phi) is 4.08. The zero-order chi connectivity index (χ0) is 18.3. The average Bonchev–Trinajstić information content (AvgIpc) is 3.15. The summed E-state index contributed by atoms with van der Waals surface area (Å²) in [6, 6.07) is 7.98. The molecule has 4 rings (SSSR count). The molecule has 132 valence electrons. The Bertz CT molecular complexity index is 1190. The predicted octanol–water partition coefficient (Wildman–Crippen LogP) is 2.30. The first kappa shape index (κ1) is 16.5. The molecular formula is C17H16N6O2S. The molecule has 0 unspecified atom stereocenters. The van der Waals surface area contributed by atoms with Gasteiger partial charge < -0.3 is 14.5 Å². The predicted molar refractivity (Wildman–Crippen MR) is 99.7 cm³/mol. The monoisotopic (exact) mass is 368 g/mol. The van der Waals surface area contributed by atoms with Crippen LogP contribution in [0.25, 0.3) is 22.1 Å². The van der Waals surface area contributed by atoms with E-state index < -0.39 is 0 Å². The molecule has 0 radical (unpaired) electrons. The number of aromatic amines is 2. The highest BCUT2D eigenvalue weighted by atomic mass is 32.2. The zero-order valence-corrected chi connectivity index (χ0v) is 15.1. The molecule has 0 bridgehead atoms. The Balaban J connectivity index is 1.65. The number of aryl methyl sites for hydroxylation is 2. The van der Waals surface area contributed by atoms with Crippen molar-refractivity contribution in [3.63, 3.8) is 0 Å². The number of para-hydroxylation sites is 1. The fourth-order valence-electron chi connectivity index (χ4n) is 3.02. The van der Waals surface area contributed by atoms with E-state index in [1.54, 1.807) is 6.92 Å². The van der Waals surface area contributed by atoms with E-state index in [0.717, 1.165) is 28.6 Å². The number of fused-ring (bicyclic) bond motifs is 3. The molecule has 4 aromatic rings. The smallest absolute Gasteiger partial charge is 0.323 e. The number of H-pyrrole nitrogens is 2. The van der Waals surface area contributed by atoms with Gasteiger partial charge in [0.15, 0.2) is 11.4 Å². The summed E-state index contributed by atoms with van der Waals surface area (Å²) in [5.41, 5.74) is 3.00. The lowest BCUT2D eigenvalue weighted by Gasteiger charge is -2.03. The van der Waals surface area contributed by atoms with Crippen LogP contribution in [0.15, 0.2) is 34.2 Å². The number of aromatic nitrogens is 6. The summed E-state index contributed by atoms with van der Waals surface area (Å²) < 4.78 is 2.08. The maximum atomic E-state index is 12.3. The third kappa shape index (κ3) is 2.70. The third-order valence-electron chi connectivity index (χ3n) is 4.20. The van der Waals surface area contributed by atoms with Crippen molar-refractivity contribution in [2.75, 3.05) is 5.75 Å². The van der Waals surface area contributed by atoms with Crippen LogP contribution in [0.5, 0.6) is 0 Å². The summed E-state index contributed by atoms with van der Waals surface area (Å²) in [6.45, 7) is 4.49. The van der Waals surface area contributed by atoms with Crippen LogP contribution in [0.1, 0.15) is 23.1 Å². The highest BCUT2D eigenvalue weighted by Gasteiger charge is 2.16. The van der Waals surface area contributed by atoms with Gasteiger partial charge in [-0.2, -0.15) is 0 Å². The zero-order valence-electron chi connectivity index (χ0n) is 14.2. The number of carbonyl (C=O) groups is 1. The highest BCUT2D eigenvalue weighted by Crippen LogP contribution is 2.27. The highest BCUT2D eigenvalue weighted by molar-refractivity contribution is 7.99. The molecule has 0 saturated carbocycles. The molecule has 9 heteroatoms. The van der Waals surface area contributed by atoms with E-state index in [9.17, 15) is 9.59 Å². The summed E-state index contributed by atoms with van der Waals surface area (Å²) in [5, 5.41) is 9.92. The molecule has 0 aliphatic carbocycles. The SMILES string of the molecule is CCn1c2ccccc2c2nnc(SCC(=O)c3[nH]c(=O)[nH]c3C)nc21. The molecule has 1 aromatic carbocycles. The molecule has 0 fully saturated rings. The van der Waals surface area contributed by atoms with E-state index in [4.69, 9.17) is 0 Å². The summed E-state index contributed by atoms with van der Waals surface area (Å²) in [5.74, 6) is -0.0701. The maximum Gasteiger partial charge on any atom is 0.323 e. The minimum Gasteiger partial charge on any atom is -0.324 e. The number of hydrogen-bond acceptors (Lipinski definition) is 6. The lowest BCUT2D eigenvalue weighted by Crippen LogP contribution is -2.08. The van der Waals surface area contributed by atoms with E-state index in [1.807, 2.05) is 24.3 Å². The van der Waals surface area contributed by atoms with Crippen LogP contribution in [0.4, 0.5) is 0 Å². The molecule has 0 aliphatic rings. The lowest BCUT2D eigenvalue weighted by molar-refractivity contribution is 0.101. The van der Waals surface area contributed by atoms with Crippen LogP contribution in [0.3, 0.4) is 0 Å². The number of nitrogens with one attached hydrogen (secondary N) is 2. The van der Waals surface area contributed by atoms with Crippen LogP contribution in [0, 0.1) is 6.92 Å². The van der Waals surface area contributed by atoms with Gasteiger partial charge in [-0.3, -0.25) is 4.79 Å². The molecule has 0 atom stereocenters. The van der Waals surface area contributed by atoms with Crippen LogP contribution in [0.2, 0.25) is 0 Å². The van der Waals surface area contributed by atoms with E-state index in [1.165, 1.54) is 11.8 Å². The second-order valence-corrected chi connectivity index (χ2v) is 6.76. The Morgan fingerprint density at radius 1 is 1.23 bits per heavy atom. The molecule has 0 spiro atoms. The van der Waals surface area contributed by atoms with E-state index >= 15 is 0 Å². The molecule has 2 N–H and O–H groups in total. The number of benzene rings is 1. The van der Waals surface area contributed by atoms with Crippen molar-refractivity contribution >= 4 is 39.6 Å². The van der Waals surface area contributed by atoms with Gasteiger partial charge in [-0.1, -0.05) is 30.0 Å². The van der Waals surface area contributed by atoms with E-state index in [2.05, 4.69) is 36.6 Å². The maximum absolute atomic E-state index is 12.3. The minimum atomic E-state index is -0.386. The van der Waals surface area contributed by atoms with Crippen LogP contribution >= 0.6 is 11.8 Å². The fourth-order valence-corrected chi connectivity index (χ4v) is 3.68. The number of Topliss-reactive ketones (excluding diaryl/α,β-unsaturated/α-hetero) is 1. The minimum absolute atomic E-state index is 0.119. The Hall–Kier alpha value is -2.94. The fraction of sp³-hybridized carbons (Fsp3) is 0.235. The van der Waals surface area contributed by atoms with Crippen LogP contribution in [-0.4, -0.2) is 41.3 Å². The van der Waals surface area contributed by atoms with Gasteiger partial charge in [0.1, 0.15) is 11.2 Å². The van der Waals surface area contributed by atoms with E-state index in [0.29, 0.717) is 16.5 Å². The third-order valence-corrected chi connectivity index (χ3v) is 5.03. The quantitative estimate of drug-likeness (QED) is 0.413. The summed E-state index contributed by atoms with van der Waals surface area (Å²) in [4.78, 5) is 33.2. The standard InChI is InChI=1S/C17H16N6O2S/c1-3-23-11-7-5-4-6-10(11)14-15(23)20-17(22-21-14)26-8-12(24)13-9(2)18-16(25)19-13/h4-7H,3,8H2,1-2H3,(H2,18,19,25). The second kappa shape index (κ2) is 6.41. The van der Waals surface area contributed by atoms with Crippen molar-refractivity contribution in [1.29, 1.82) is 0 Å². The van der Waals surface area contributed by atoms with Crippen LogP contribution < -0.4 is 5.69 Å². The Morgan fingerprint density at radius 2 is 2.04 bits per heavy atom. The van der Waals surface area contributed by atoms with Gasteiger partial charge in [0.2, 0.25) is 5.16 Å².